The maximum absolute atomic E-state index is 12.5. The summed E-state index contributed by atoms with van der Waals surface area (Å²) in [6.07, 6.45) is 1.09. The van der Waals surface area contributed by atoms with Crippen molar-refractivity contribution in [3.63, 3.8) is 0 Å². The van der Waals surface area contributed by atoms with E-state index in [0.717, 1.165) is 29.7 Å². The van der Waals surface area contributed by atoms with E-state index in [1.54, 1.807) is 24.0 Å². The van der Waals surface area contributed by atoms with E-state index >= 15 is 0 Å². The third kappa shape index (κ3) is 4.23. The molecule has 1 aliphatic rings. The molecule has 0 saturated carbocycles. The van der Waals surface area contributed by atoms with Crippen LogP contribution in [0.3, 0.4) is 0 Å². The molecular formula is C21H23NO4. The minimum atomic E-state index is -0.779. The molecule has 5 nitrogen and oxygen atoms in total. The van der Waals surface area contributed by atoms with E-state index in [1.165, 1.54) is 0 Å². The van der Waals surface area contributed by atoms with Crippen molar-refractivity contribution in [1.29, 1.82) is 0 Å². The zero-order valence-electron chi connectivity index (χ0n) is 15.1. The molecule has 0 aromatic heterocycles. The molecule has 0 radical (unpaired) electrons. The van der Waals surface area contributed by atoms with Crippen LogP contribution in [0.2, 0.25) is 0 Å². The SMILES string of the molecule is Cc1ccc(OC(C)C(=O)OCC(=O)N2CCCc3ccccc32)cc1. The average molecular weight is 353 g/mol. The van der Waals surface area contributed by atoms with Crippen LogP contribution in [0.5, 0.6) is 5.75 Å². The van der Waals surface area contributed by atoms with Crippen molar-refractivity contribution < 1.29 is 19.1 Å². The molecule has 0 saturated heterocycles. The van der Waals surface area contributed by atoms with Crippen LogP contribution < -0.4 is 9.64 Å². The first-order valence-corrected chi connectivity index (χ1v) is 8.83. The number of amides is 1. The number of anilines is 1. The Morgan fingerprint density at radius 3 is 2.62 bits per heavy atom. The summed E-state index contributed by atoms with van der Waals surface area (Å²) in [6, 6.07) is 15.2. The number of hydrogen-bond acceptors (Lipinski definition) is 4. The lowest BCUT2D eigenvalue weighted by molar-refractivity contribution is -0.154. The largest absolute Gasteiger partial charge is 0.479 e. The van der Waals surface area contributed by atoms with Crippen molar-refractivity contribution >= 4 is 17.6 Å². The summed E-state index contributed by atoms with van der Waals surface area (Å²) < 4.78 is 10.7. The Hall–Kier alpha value is -2.82. The van der Waals surface area contributed by atoms with Crippen LogP contribution in [0.25, 0.3) is 0 Å². The second-order valence-electron chi connectivity index (χ2n) is 6.46. The lowest BCUT2D eigenvalue weighted by Crippen LogP contribution is -2.39. The molecule has 0 bridgehead atoms. The van der Waals surface area contributed by atoms with Gasteiger partial charge < -0.3 is 14.4 Å². The Morgan fingerprint density at radius 1 is 1.12 bits per heavy atom. The zero-order valence-corrected chi connectivity index (χ0v) is 15.1. The molecule has 5 heteroatoms. The fourth-order valence-electron chi connectivity index (χ4n) is 2.99. The second kappa shape index (κ2) is 8.04. The summed E-state index contributed by atoms with van der Waals surface area (Å²) in [5, 5.41) is 0. The Morgan fingerprint density at radius 2 is 1.85 bits per heavy atom. The molecule has 1 amide bonds. The predicted molar refractivity (Wildman–Crippen MR) is 99.3 cm³/mol. The predicted octanol–water partition coefficient (Wildman–Crippen LogP) is 3.28. The summed E-state index contributed by atoms with van der Waals surface area (Å²) >= 11 is 0. The molecule has 1 heterocycles. The molecular weight excluding hydrogens is 330 g/mol. The number of aryl methyl sites for hydroxylation is 2. The Balaban J connectivity index is 1.54. The maximum atomic E-state index is 12.5. The molecule has 26 heavy (non-hydrogen) atoms. The molecule has 3 rings (SSSR count). The molecule has 0 N–H and O–H groups in total. The van der Waals surface area contributed by atoms with E-state index in [2.05, 4.69) is 0 Å². The highest BCUT2D eigenvalue weighted by molar-refractivity contribution is 5.96. The monoisotopic (exact) mass is 353 g/mol. The molecule has 2 aromatic rings. The van der Waals surface area contributed by atoms with Gasteiger partial charge in [0, 0.05) is 12.2 Å². The summed E-state index contributed by atoms with van der Waals surface area (Å²) in [5.74, 6) is -0.173. The molecule has 1 atom stereocenters. The highest BCUT2D eigenvalue weighted by Crippen LogP contribution is 2.26. The van der Waals surface area contributed by atoms with Crippen LogP contribution in [0.15, 0.2) is 48.5 Å². The molecule has 0 aliphatic carbocycles. The lowest BCUT2D eigenvalue weighted by atomic mass is 10.0. The van der Waals surface area contributed by atoms with E-state index in [9.17, 15) is 9.59 Å². The molecule has 1 aliphatic heterocycles. The van der Waals surface area contributed by atoms with Crippen LogP contribution in [0, 0.1) is 6.92 Å². The minimum Gasteiger partial charge on any atom is -0.479 e. The summed E-state index contributed by atoms with van der Waals surface area (Å²) in [4.78, 5) is 26.3. The van der Waals surface area contributed by atoms with Gasteiger partial charge in [-0.05, 0) is 50.5 Å². The first-order chi connectivity index (χ1) is 12.5. The number of carbonyl (C=O) groups excluding carboxylic acids is 2. The quantitative estimate of drug-likeness (QED) is 0.774. The maximum Gasteiger partial charge on any atom is 0.347 e. The highest BCUT2D eigenvalue weighted by Gasteiger charge is 2.24. The van der Waals surface area contributed by atoms with Crippen LogP contribution >= 0.6 is 0 Å². The van der Waals surface area contributed by atoms with Gasteiger partial charge in [0.25, 0.3) is 5.91 Å². The Bertz CT molecular complexity index is 785. The summed E-state index contributed by atoms with van der Waals surface area (Å²) in [5.41, 5.74) is 3.17. The number of para-hydroxylation sites is 1. The fraction of sp³-hybridized carbons (Fsp3) is 0.333. The number of esters is 1. The third-order valence-electron chi connectivity index (χ3n) is 4.41. The zero-order chi connectivity index (χ0) is 18.5. The molecule has 0 fully saturated rings. The number of nitrogens with zero attached hydrogens (tertiary/aromatic N) is 1. The van der Waals surface area contributed by atoms with Gasteiger partial charge in [-0.15, -0.1) is 0 Å². The molecule has 136 valence electrons. The normalized spacial score (nSPS) is 14.3. The van der Waals surface area contributed by atoms with Gasteiger partial charge in [0.15, 0.2) is 12.7 Å². The van der Waals surface area contributed by atoms with Crippen molar-refractivity contribution in [3.05, 3.63) is 59.7 Å². The van der Waals surface area contributed by atoms with E-state index in [0.29, 0.717) is 12.3 Å². The number of benzene rings is 2. The van der Waals surface area contributed by atoms with Crippen molar-refractivity contribution in [2.24, 2.45) is 0 Å². The topological polar surface area (TPSA) is 55.8 Å². The van der Waals surface area contributed by atoms with Gasteiger partial charge in [-0.3, -0.25) is 4.79 Å². The first-order valence-electron chi connectivity index (χ1n) is 8.83. The summed E-state index contributed by atoms with van der Waals surface area (Å²) in [6.45, 7) is 3.95. The number of carbonyl (C=O) groups is 2. The van der Waals surface area contributed by atoms with E-state index < -0.39 is 12.1 Å². The Kier molecular flexibility index (Phi) is 5.56. The standard InChI is InChI=1S/C21H23NO4/c1-15-9-11-18(12-10-15)26-16(2)21(24)25-14-20(23)22-13-5-7-17-6-3-4-8-19(17)22/h3-4,6,8-12,16H,5,7,13-14H2,1-2H3. The van der Waals surface area contributed by atoms with E-state index in [4.69, 9.17) is 9.47 Å². The number of ether oxygens (including phenoxy) is 2. The van der Waals surface area contributed by atoms with Crippen molar-refractivity contribution in [1.82, 2.24) is 0 Å². The molecule has 0 spiro atoms. The van der Waals surface area contributed by atoms with Gasteiger partial charge in [-0.2, -0.15) is 0 Å². The number of hydrogen-bond donors (Lipinski definition) is 0. The fourth-order valence-corrected chi connectivity index (χ4v) is 2.99. The van der Waals surface area contributed by atoms with Crippen LogP contribution in [0.4, 0.5) is 5.69 Å². The van der Waals surface area contributed by atoms with Gasteiger partial charge in [-0.1, -0.05) is 35.9 Å². The van der Waals surface area contributed by atoms with Crippen LogP contribution in [-0.4, -0.2) is 31.1 Å². The smallest absolute Gasteiger partial charge is 0.347 e. The number of fused-ring (bicyclic) bond motifs is 1. The van der Waals surface area contributed by atoms with Gasteiger partial charge in [0.1, 0.15) is 5.75 Å². The minimum absolute atomic E-state index is 0.215. The molecule has 2 aromatic carbocycles. The van der Waals surface area contributed by atoms with Gasteiger partial charge in [-0.25, -0.2) is 4.79 Å². The van der Waals surface area contributed by atoms with Crippen LogP contribution in [-0.2, 0) is 20.7 Å². The first kappa shape index (κ1) is 18.0. The number of rotatable bonds is 5. The second-order valence-corrected chi connectivity index (χ2v) is 6.46. The van der Waals surface area contributed by atoms with E-state index in [1.807, 2.05) is 43.3 Å². The highest BCUT2D eigenvalue weighted by atomic mass is 16.6. The van der Waals surface area contributed by atoms with Crippen LogP contribution in [0.1, 0.15) is 24.5 Å². The summed E-state index contributed by atoms with van der Waals surface area (Å²) in [7, 11) is 0. The lowest BCUT2D eigenvalue weighted by Gasteiger charge is -2.29. The van der Waals surface area contributed by atoms with Gasteiger partial charge in [0.2, 0.25) is 0 Å². The van der Waals surface area contributed by atoms with Crippen molar-refractivity contribution in [2.45, 2.75) is 32.8 Å². The van der Waals surface area contributed by atoms with E-state index in [-0.39, 0.29) is 12.5 Å². The van der Waals surface area contributed by atoms with Gasteiger partial charge >= 0.3 is 5.97 Å². The van der Waals surface area contributed by atoms with Crippen molar-refractivity contribution in [2.75, 3.05) is 18.1 Å². The Labute approximate surface area is 153 Å². The molecule has 1 unspecified atom stereocenters. The van der Waals surface area contributed by atoms with Crippen molar-refractivity contribution in [3.8, 4) is 5.75 Å². The van der Waals surface area contributed by atoms with Gasteiger partial charge in [0.05, 0.1) is 0 Å². The average Bonchev–Trinajstić information content (AvgIpc) is 2.67. The third-order valence-corrected chi connectivity index (χ3v) is 4.41.